The molecule has 2 atom stereocenters. The van der Waals surface area contributed by atoms with Crippen LogP contribution in [0.15, 0.2) is 24.3 Å². The molecule has 4 nitrogen and oxygen atoms in total. The Morgan fingerprint density at radius 3 is 2.50 bits per heavy atom. The molecule has 1 rings (SSSR count). The summed E-state index contributed by atoms with van der Waals surface area (Å²) in [6.45, 7) is 7.95. The van der Waals surface area contributed by atoms with Crippen molar-refractivity contribution in [2.45, 2.75) is 52.8 Å². The van der Waals surface area contributed by atoms with Gasteiger partial charge in [-0.05, 0) is 23.5 Å². The lowest BCUT2D eigenvalue weighted by Crippen LogP contribution is -2.44. The summed E-state index contributed by atoms with van der Waals surface area (Å²) in [6, 6.07) is 7.56. The van der Waals surface area contributed by atoms with Crippen LogP contribution in [0.1, 0.15) is 44.7 Å². The average Bonchev–Trinajstić information content (AvgIpc) is 2.52. The van der Waals surface area contributed by atoms with Crippen LogP contribution in [0.25, 0.3) is 0 Å². The van der Waals surface area contributed by atoms with Gasteiger partial charge in [0.2, 0.25) is 5.91 Å². The van der Waals surface area contributed by atoms with Crippen molar-refractivity contribution in [3.05, 3.63) is 35.4 Å². The van der Waals surface area contributed by atoms with Gasteiger partial charge in [-0.15, -0.1) is 12.4 Å². The molecule has 0 saturated heterocycles. The van der Waals surface area contributed by atoms with Gasteiger partial charge in [0.25, 0.3) is 0 Å². The van der Waals surface area contributed by atoms with E-state index >= 15 is 0 Å². The number of benzene rings is 1. The number of hydrogen-bond acceptors (Lipinski definition) is 3. The van der Waals surface area contributed by atoms with E-state index in [2.05, 4.69) is 12.2 Å². The number of rotatable bonds is 9. The van der Waals surface area contributed by atoms with Crippen LogP contribution in [0.2, 0.25) is 0 Å². The van der Waals surface area contributed by atoms with Crippen molar-refractivity contribution in [3.8, 4) is 0 Å². The minimum Gasteiger partial charge on any atom is -0.377 e. The summed E-state index contributed by atoms with van der Waals surface area (Å²) in [5, 5.41) is 2.93. The van der Waals surface area contributed by atoms with E-state index in [1.54, 1.807) is 0 Å². The molecule has 0 radical (unpaired) electrons. The molecule has 0 aliphatic heterocycles. The van der Waals surface area contributed by atoms with Gasteiger partial charge in [-0.3, -0.25) is 4.79 Å². The third-order valence-electron chi connectivity index (χ3n) is 3.74. The zero-order valence-electron chi connectivity index (χ0n) is 13.8. The lowest BCUT2D eigenvalue weighted by molar-refractivity contribution is -0.123. The van der Waals surface area contributed by atoms with Crippen LogP contribution in [-0.2, 0) is 22.7 Å². The molecule has 0 aliphatic rings. The maximum absolute atomic E-state index is 12.0. The Balaban J connectivity index is 0.00000441. The highest BCUT2D eigenvalue weighted by atomic mass is 35.5. The lowest BCUT2D eigenvalue weighted by Gasteiger charge is -2.18. The number of amides is 1. The highest BCUT2D eigenvalue weighted by molar-refractivity contribution is 5.85. The van der Waals surface area contributed by atoms with Crippen LogP contribution < -0.4 is 11.1 Å². The molecule has 22 heavy (non-hydrogen) atoms. The number of halogens is 1. The van der Waals surface area contributed by atoms with Crippen LogP contribution in [0.4, 0.5) is 0 Å². The molecular weight excluding hydrogens is 300 g/mol. The van der Waals surface area contributed by atoms with E-state index in [-0.39, 0.29) is 24.2 Å². The molecule has 1 amide bonds. The van der Waals surface area contributed by atoms with Crippen LogP contribution in [-0.4, -0.2) is 18.6 Å². The van der Waals surface area contributed by atoms with Gasteiger partial charge >= 0.3 is 0 Å². The number of ether oxygens (including phenoxy) is 1. The quantitative estimate of drug-likeness (QED) is 0.685. The van der Waals surface area contributed by atoms with Gasteiger partial charge in [-0.2, -0.15) is 0 Å². The van der Waals surface area contributed by atoms with E-state index in [0.717, 1.165) is 30.6 Å². The molecular formula is C17H29ClN2O2. The first-order valence-electron chi connectivity index (χ1n) is 7.77. The second-order valence-electron chi connectivity index (χ2n) is 5.45. The molecule has 0 aromatic heterocycles. The summed E-state index contributed by atoms with van der Waals surface area (Å²) in [5.41, 5.74) is 8.13. The molecule has 0 bridgehead atoms. The Bertz CT molecular complexity index is 440. The zero-order chi connectivity index (χ0) is 15.7. The average molecular weight is 329 g/mol. The molecule has 126 valence electrons. The smallest absolute Gasteiger partial charge is 0.237 e. The Morgan fingerprint density at radius 2 is 1.91 bits per heavy atom. The third-order valence-corrected chi connectivity index (χ3v) is 3.74. The maximum Gasteiger partial charge on any atom is 0.237 e. The van der Waals surface area contributed by atoms with Gasteiger partial charge in [0.05, 0.1) is 12.6 Å². The first-order valence-corrected chi connectivity index (χ1v) is 7.77. The molecule has 0 fully saturated rings. The van der Waals surface area contributed by atoms with Gasteiger partial charge in [0.1, 0.15) is 0 Å². The molecule has 5 heteroatoms. The fourth-order valence-electron chi connectivity index (χ4n) is 2.01. The minimum atomic E-state index is -0.446. The van der Waals surface area contributed by atoms with E-state index in [0.29, 0.717) is 13.2 Å². The number of carbonyl (C=O) groups is 1. The monoisotopic (exact) mass is 328 g/mol. The third kappa shape index (κ3) is 6.77. The van der Waals surface area contributed by atoms with Crippen LogP contribution in [0.3, 0.4) is 0 Å². The number of nitrogens with one attached hydrogen (secondary N) is 1. The molecule has 0 saturated carbocycles. The fourth-order valence-corrected chi connectivity index (χ4v) is 2.01. The van der Waals surface area contributed by atoms with E-state index < -0.39 is 6.04 Å². The van der Waals surface area contributed by atoms with E-state index in [9.17, 15) is 4.79 Å². The highest BCUT2D eigenvalue weighted by Gasteiger charge is 2.19. The van der Waals surface area contributed by atoms with Crippen molar-refractivity contribution in [2.24, 2.45) is 11.7 Å². The van der Waals surface area contributed by atoms with E-state index in [1.807, 2.05) is 38.1 Å². The van der Waals surface area contributed by atoms with Gasteiger partial charge in [-0.25, -0.2) is 0 Å². The van der Waals surface area contributed by atoms with Gasteiger partial charge in [0.15, 0.2) is 0 Å². The van der Waals surface area contributed by atoms with Crippen molar-refractivity contribution in [1.29, 1.82) is 0 Å². The predicted octanol–water partition coefficient (Wildman–Crippen LogP) is 3.02. The van der Waals surface area contributed by atoms with E-state index in [1.165, 1.54) is 0 Å². The van der Waals surface area contributed by atoms with Gasteiger partial charge in [-0.1, -0.05) is 51.5 Å². The Labute approximate surface area is 140 Å². The molecule has 0 heterocycles. The summed E-state index contributed by atoms with van der Waals surface area (Å²) in [6.07, 6.45) is 1.90. The predicted molar refractivity (Wildman–Crippen MR) is 92.9 cm³/mol. The summed E-state index contributed by atoms with van der Waals surface area (Å²) >= 11 is 0. The fraction of sp³-hybridized carbons (Fsp3) is 0.588. The standard InChI is InChI=1S/C17H28N2O2.ClH/c1-4-10-21-12-15-9-7-6-8-14(15)11-19-17(20)16(18)13(3)5-2;/h6-9,13,16H,4-5,10-12,18H2,1-3H3,(H,19,20);1H. The van der Waals surface area contributed by atoms with Crippen molar-refractivity contribution >= 4 is 18.3 Å². The largest absolute Gasteiger partial charge is 0.377 e. The summed E-state index contributed by atoms with van der Waals surface area (Å²) in [7, 11) is 0. The second-order valence-corrected chi connectivity index (χ2v) is 5.45. The first-order chi connectivity index (χ1) is 10.1. The summed E-state index contributed by atoms with van der Waals surface area (Å²) in [5.74, 6) is 0.0989. The molecule has 1 aromatic carbocycles. The number of nitrogens with two attached hydrogens (primary N) is 1. The highest BCUT2D eigenvalue weighted by Crippen LogP contribution is 2.11. The molecule has 1 aromatic rings. The summed E-state index contributed by atoms with van der Waals surface area (Å²) in [4.78, 5) is 12.0. The zero-order valence-corrected chi connectivity index (χ0v) is 14.6. The Morgan fingerprint density at radius 1 is 1.27 bits per heavy atom. The number of hydrogen-bond donors (Lipinski definition) is 2. The van der Waals surface area contributed by atoms with Crippen molar-refractivity contribution in [1.82, 2.24) is 5.32 Å². The minimum absolute atomic E-state index is 0. The van der Waals surface area contributed by atoms with Gasteiger partial charge in [0, 0.05) is 13.2 Å². The van der Waals surface area contributed by atoms with E-state index in [4.69, 9.17) is 10.5 Å². The molecule has 3 N–H and O–H groups in total. The van der Waals surface area contributed by atoms with Gasteiger partial charge < -0.3 is 15.8 Å². The molecule has 0 spiro atoms. The van der Waals surface area contributed by atoms with Crippen LogP contribution in [0, 0.1) is 5.92 Å². The first kappa shape index (κ1) is 20.9. The van der Waals surface area contributed by atoms with Crippen molar-refractivity contribution < 1.29 is 9.53 Å². The summed E-state index contributed by atoms with van der Waals surface area (Å²) < 4.78 is 5.58. The van der Waals surface area contributed by atoms with Crippen LogP contribution >= 0.6 is 12.4 Å². The number of carbonyl (C=O) groups excluding carboxylic acids is 1. The Hall–Kier alpha value is -1.10. The Kier molecular flexibility index (Phi) is 10.9. The maximum atomic E-state index is 12.0. The topological polar surface area (TPSA) is 64.3 Å². The molecule has 0 aliphatic carbocycles. The van der Waals surface area contributed by atoms with Crippen molar-refractivity contribution in [3.63, 3.8) is 0 Å². The van der Waals surface area contributed by atoms with Crippen molar-refractivity contribution in [2.75, 3.05) is 6.61 Å². The normalized spacial score (nSPS) is 13.1. The lowest BCUT2D eigenvalue weighted by atomic mass is 9.99. The molecule has 2 unspecified atom stereocenters. The SMILES string of the molecule is CCCOCc1ccccc1CNC(=O)C(N)C(C)CC.Cl. The second kappa shape index (κ2) is 11.5. The van der Waals surface area contributed by atoms with Crippen LogP contribution in [0.5, 0.6) is 0 Å².